The summed E-state index contributed by atoms with van der Waals surface area (Å²) >= 11 is 11.7. The lowest BCUT2D eigenvalue weighted by Gasteiger charge is -2.09. The number of ether oxygens (including phenoxy) is 1. The van der Waals surface area contributed by atoms with E-state index in [4.69, 9.17) is 33.2 Å². The first-order valence-corrected chi connectivity index (χ1v) is 7.22. The lowest BCUT2D eigenvalue weighted by molar-refractivity contribution is -0.384. The molecule has 0 saturated carbocycles. The second-order valence-corrected chi connectivity index (χ2v) is 5.33. The topological polar surface area (TPSA) is 105 Å². The first-order valence-electron chi connectivity index (χ1n) is 6.47. The molecule has 1 amide bonds. The van der Waals surface area contributed by atoms with Gasteiger partial charge in [0.15, 0.2) is 6.61 Å². The van der Waals surface area contributed by atoms with E-state index in [0.29, 0.717) is 11.3 Å². The summed E-state index contributed by atoms with van der Waals surface area (Å²) in [5, 5.41) is 22.2. The molecule has 0 aliphatic rings. The third-order valence-electron chi connectivity index (χ3n) is 2.86. The Bertz CT molecular complexity index is 849. The maximum Gasteiger partial charge on any atom is 0.271 e. The average Bonchev–Trinajstić information content (AvgIpc) is 2.53. The smallest absolute Gasteiger partial charge is 0.271 e. The molecule has 1 N–H and O–H groups in total. The summed E-state index contributed by atoms with van der Waals surface area (Å²) in [5.74, 6) is -0.333. The van der Waals surface area contributed by atoms with Gasteiger partial charge >= 0.3 is 0 Å². The van der Waals surface area contributed by atoms with Crippen molar-refractivity contribution in [3.63, 3.8) is 0 Å². The van der Waals surface area contributed by atoms with Crippen LogP contribution in [0.1, 0.15) is 5.56 Å². The van der Waals surface area contributed by atoms with E-state index in [1.807, 2.05) is 6.07 Å². The number of carbonyl (C=O) groups is 1. The molecule has 0 saturated heterocycles. The average molecular weight is 366 g/mol. The summed E-state index contributed by atoms with van der Waals surface area (Å²) in [4.78, 5) is 21.9. The Balaban J connectivity index is 1.97. The fraction of sp³-hybridized carbons (Fsp3) is 0.0667. The Morgan fingerprint density at radius 3 is 2.58 bits per heavy atom. The van der Waals surface area contributed by atoms with Crippen LogP contribution in [0, 0.1) is 21.4 Å². The molecular formula is C15H9Cl2N3O4. The third kappa shape index (κ3) is 4.35. The summed E-state index contributed by atoms with van der Waals surface area (Å²) in [6, 6.07) is 10.0. The lowest BCUT2D eigenvalue weighted by atomic mass is 10.2. The minimum Gasteiger partial charge on any atom is -0.482 e. The maximum absolute atomic E-state index is 11.8. The lowest BCUT2D eigenvalue weighted by Crippen LogP contribution is -2.20. The van der Waals surface area contributed by atoms with Crippen LogP contribution in [0.15, 0.2) is 36.4 Å². The van der Waals surface area contributed by atoms with E-state index in [-0.39, 0.29) is 28.1 Å². The molecule has 2 aromatic rings. The molecule has 24 heavy (non-hydrogen) atoms. The number of halogens is 2. The summed E-state index contributed by atoms with van der Waals surface area (Å²) < 4.78 is 5.23. The molecule has 0 fully saturated rings. The fourth-order valence-electron chi connectivity index (χ4n) is 1.74. The van der Waals surface area contributed by atoms with Crippen LogP contribution in [-0.4, -0.2) is 17.4 Å². The number of amides is 1. The highest BCUT2D eigenvalue weighted by Crippen LogP contribution is 2.28. The summed E-state index contributed by atoms with van der Waals surface area (Å²) in [5.41, 5.74) is 0.523. The zero-order valence-electron chi connectivity index (χ0n) is 12.0. The van der Waals surface area contributed by atoms with Crippen LogP contribution in [-0.2, 0) is 4.79 Å². The SMILES string of the molecule is N#Cc1ccc(NC(=O)COc2ccc([N+](=O)[O-])cc2Cl)cc1Cl. The molecule has 0 aliphatic heterocycles. The van der Waals surface area contributed by atoms with Crippen molar-refractivity contribution in [1.29, 1.82) is 5.26 Å². The number of non-ortho nitro benzene ring substituents is 1. The van der Waals surface area contributed by atoms with Crippen molar-refractivity contribution < 1.29 is 14.5 Å². The van der Waals surface area contributed by atoms with Gasteiger partial charge in [-0.1, -0.05) is 23.2 Å². The third-order valence-corrected chi connectivity index (χ3v) is 3.47. The molecule has 0 heterocycles. The minimum absolute atomic E-state index is 0.0263. The normalized spacial score (nSPS) is 9.88. The quantitative estimate of drug-likeness (QED) is 0.640. The second kappa shape index (κ2) is 7.64. The highest BCUT2D eigenvalue weighted by atomic mass is 35.5. The molecule has 2 rings (SSSR count). The summed E-state index contributed by atoms with van der Waals surface area (Å²) in [6.07, 6.45) is 0. The second-order valence-electron chi connectivity index (χ2n) is 4.52. The number of nitro benzene ring substituents is 1. The number of nitro groups is 1. The van der Waals surface area contributed by atoms with Gasteiger partial charge in [0.1, 0.15) is 11.8 Å². The monoisotopic (exact) mass is 365 g/mol. The van der Waals surface area contributed by atoms with Crippen molar-refractivity contribution >= 4 is 40.5 Å². The van der Waals surface area contributed by atoms with Crippen molar-refractivity contribution in [1.82, 2.24) is 0 Å². The van der Waals surface area contributed by atoms with Gasteiger partial charge in [0, 0.05) is 17.8 Å². The Morgan fingerprint density at radius 2 is 2.00 bits per heavy atom. The van der Waals surface area contributed by atoms with E-state index in [1.165, 1.54) is 30.3 Å². The molecule has 0 unspecified atom stereocenters. The van der Waals surface area contributed by atoms with Gasteiger partial charge < -0.3 is 10.1 Å². The predicted octanol–water partition coefficient (Wildman–Crippen LogP) is 3.79. The molecule has 2 aromatic carbocycles. The molecule has 0 spiro atoms. The van der Waals surface area contributed by atoms with Crippen molar-refractivity contribution in [2.45, 2.75) is 0 Å². The van der Waals surface area contributed by atoms with Crippen LogP contribution >= 0.6 is 23.2 Å². The Hall–Kier alpha value is -2.82. The van der Waals surface area contributed by atoms with Gasteiger partial charge in [-0.05, 0) is 24.3 Å². The van der Waals surface area contributed by atoms with E-state index in [2.05, 4.69) is 5.32 Å². The van der Waals surface area contributed by atoms with Crippen molar-refractivity contribution in [3.05, 3.63) is 62.1 Å². The molecule has 0 radical (unpaired) electrons. The van der Waals surface area contributed by atoms with E-state index >= 15 is 0 Å². The number of nitriles is 1. The van der Waals surface area contributed by atoms with Gasteiger partial charge in [-0.2, -0.15) is 5.26 Å². The van der Waals surface area contributed by atoms with Crippen molar-refractivity contribution in [2.24, 2.45) is 0 Å². The Morgan fingerprint density at radius 1 is 1.25 bits per heavy atom. The Labute approximate surface area is 146 Å². The molecule has 0 bridgehead atoms. The van der Waals surface area contributed by atoms with E-state index in [0.717, 1.165) is 6.07 Å². The van der Waals surface area contributed by atoms with Crippen LogP contribution in [0.5, 0.6) is 5.75 Å². The molecule has 122 valence electrons. The number of nitrogens with one attached hydrogen (secondary N) is 1. The van der Waals surface area contributed by atoms with Gasteiger partial charge in [0.25, 0.3) is 11.6 Å². The van der Waals surface area contributed by atoms with E-state index < -0.39 is 10.8 Å². The largest absolute Gasteiger partial charge is 0.482 e. The number of hydrogen-bond acceptors (Lipinski definition) is 5. The standard InChI is InChI=1S/C15H9Cl2N3O4/c16-12-5-10(2-1-9(12)7-18)19-15(21)8-24-14-4-3-11(20(22)23)6-13(14)17/h1-6H,8H2,(H,19,21). The molecule has 0 atom stereocenters. The number of carbonyl (C=O) groups excluding carboxylic acids is 1. The first-order chi connectivity index (χ1) is 11.4. The number of hydrogen-bond donors (Lipinski definition) is 1. The van der Waals surface area contributed by atoms with Crippen LogP contribution in [0.3, 0.4) is 0 Å². The van der Waals surface area contributed by atoms with Gasteiger partial charge in [-0.15, -0.1) is 0 Å². The molecule has 0 aromatic heterocycles. The predicted molar refractivity (Wildman–Crippen MR) is 88.4 cm³/mol. The first kappa shape index (κ1) is 17.5. The number of rotatable bonds is 5. The number of anilines is 1. The van der Waals surface area contributed by atoms with Gasteiger partial charge in [-0.25, -0.2) is 0 Å². The van der Waals surface area contributed by atoms with Crippen LogP contribution in [0.4, 0.5) is 11.4 Å². The van der Waals surface area contributed by atoms with E-state index in [1.54, 1.807) is 0 Å². The summed E-state index contributed by atoms with van der Waals surface area (Å²) in [6.45, 7) is -0.352. The highest BCUT2D eigenvalue weighted by molar-refractivity contribution is 6.32. The molecular weight excluding hydrogens is 357 g/mol. The van der Waals surface area contributed by atoms with Crippen LogP contribution < -0.4 is 10.1 Å². The molecule has 9 heteroatoms. The number of nitrogens with zero attached hydrogens (tertiary/aromatic N) is 2. The van der Waals surface area contributed by atoms with Crippen molar-refractivity contribution in [3.8, 4) is 11.8 Å². The van der Waals surface area contributed by atoms with Gasteiger partial charge in [0.05, 0.1) is 20.5 Å². The van der Waals surface area contributed by atoms with Crippen LogP contribution in [0.25, 0.3) is 0 Å². The Kier molecular flexibility index (Phi) is 5.58. The summed E-state index contributed by atoms with van der Waals surface area (Å²) in [7, 11) is 0. The van der Waals surface area contributed by atoms with Crippen LogP contribution in [0.2, 0.25) is 10.0 Å². The maximum atomic E-state index is 11.8. The zero-order valence-corrected chi connectivity index (χ0v) is 13.5. The zero-order chi connectivity index (χ0) is 17.7. The van der Waals surface area contributed by atoms with Gasteiger partial charge in [0.2, 0.25) is 0 Å². The fourth-order valence-corrected chi connectivity index (χ4v) is 2.20. The highest BCUT2D eigenvalue weighted by Gasteiger charge is 2.12. The molecule has 7 nitrogen and oxygen atoms in total. The van der Waals surface area contributed by atoms with E-state index in [9.17, 15) is 14.9 Å². The number of benzene rings is 2. The van der Waals surface area contributed by atoms with Gasteiger partial charge in [-0.3, -0.25) is 14.9 Å². The van der Waals surface area contributed by atoms with Crippen molar-refractivity contribution in [2.75, 3.05) is 11.9 Å². The minimum atomic E-state index is -0.586. The molecule has 0 aliphatic carbocycles.